The molecule has 0 N–H and O–H groups in total. The standard InChI is InChI=1S/C17H13ClF3NO2/c1-23-13-4-3-12(22-9-13)6-11-8-15-10(7-14(11)18)2-5-16(24-15)17(19,20)21/h2-5,7-9,16H,6H2,1H3. The van der Waals surface area contributed by atoms with E-state index in [9.17, 15) is 13.2 Å². The van der Waals surface area contributed by atoms with E-state index in [1.807, 2.05) is 0 Å². The minimum absolute atomic E-state index is 0.160. The zero-order chi connectivity index (χ0) is 17.3. The average Bonchev–Trinajstić information content (AvgIpc) is 2.55. The summed E-state index contributed by atoms with van der Waals surface area (Å²) in [4.78, 5) is 4.23. The first-order valence-corrected chi connectivity index (χ1v) is 7.47. The second kappa shape index (κ2) is 6.36. The number of halogens is 4. The van der Waals surface area contributed by atoms with Crippen LogP contribution in [0.25, 0.3) is 6.08 Å². The third-order valence-corrected chi connectivity index (χ3v) is 3.96. The lowest BCUT2D eigenvalue weighted by Crippen LogP contribution is -2.33. The molecule has 0 spiro atoms. The lowest BCUT2D eigenvalue weighted by atomic mass is 10.0. The minimum Gasteiger partial charge on any atom is -0.495 e. The molecule has 1 unspecified atom stereocenters. The maximum absolute atomic E-state index is 12.8. The van der Waals surface area contributed by atoms with Crippen LogP contribution in [0.15, 0.2) is 36.5 Å². The molecule has 1 atom stereocenters. The number of methoxy groups -OCH3 is 1. The Bertz CT molecular complexity index is 773. The van der Waals surface area contributed by atoms with E-state index in [4.69, 9.17) is 21.1 Å². The molecule has 0 bridgehead atoms. The summed E-state index contributed by atoms with van der Waals surface area (Å²) in [5, 5.41) is 0.449. The van der Waals surface area contributed by atoms with E-state index in [0.717, 1.165) is 11.8 Å². The fraction of sp³-hybridized carbons (Fsp3) is 0.235. The van der Waals surface area contributed by atoms with E-state index in [0.29, 0.717) is 28.3 Å². The molecule has 0 aliphatic carbocycles. The second-order valence-electron chi connectivity index (χ2n) is 5.29. The van der Waals surface area contributed by atoms with Crippen molar-refractivity contribution in [3.8, 4) is 11.5 Å². The Kier molecular flexibility index (Phi) is 4.41. The van der Waals surface area contributed by atoms with Gasteiger partial charge in [0.05, 0.1) is 13.3 Å². The van der Waals surface area contributed by atoms with Crippen LogP contribution in [0, 0.1) is 0 Å². The summed E-state index contributed by atoms with van der Waals surface area (Å²) in [5.41, 5.74) is 1.88. The highest BCUT2D eigenvalue weighted by Crippen LogP contribution is 2.36. The number of pyridine rings is 1. The number of fused-ring (bicyclic) bond motifs is 1. The van der Waals surface area contributed by atoms with Gasteiger partial charge in [-0.1, -0.05) is 17.7 Å². The zero-order valence-corrected chi connectivity index (χ0v) is 13.4. The van der Waals surface area contributed by atoms with E-state index in [2.05, 4.69) is 4.98 Å². The Morgan fingerprint density at radius 2 is 2.08 bits per heavy atom. The Labute approximate surface area is 141 Å². The summed E-state index contributed by atoms with van der Waals surface area (Å²) in [7, 11) is 1.54. The Morgan fingerprint density at radius 1 is 1.29 bits per heavy atom. The number of hydrogen-bond acceptors (Lipinski definition) is 3. The molecule has 3 nitrogen and oxygen atoms in total. The molecule has 0 fully saturated rings. The smallest absolute Gasteiger partial charge is 0.429 e. The van der Waals surface area contributed by atoms with E-state index >= 15 is 0 Å². The number of hydrogen-bond donors (Lipinski definition) is 0. The van der Waals surface area contributed by atoms with Crippen molar-refractivity contribution in [1.29, 1.82) is 0 Å². The summed E-state index contributed by atoms with van der Waals surface area (Å²) >= 11 is 6.23. The van der Waals surface area contributed by atoms with E-state index in [-0.39, 0.29) is 5.75 Å². The van der Waals surface area contributed by atoms with Crippen LogP contribution in [0.2, 0.25) is 5.02 Å². The van der Waals surface area contributed by atoms with Crippen LogP contribution < -0.4 is 9.47 Å². The maximum Gasteiger partial charge on any atom is 0.429 e. The van der Waals surface area contributed by atoms with Gasteiger partial charge >= 0.3 is 6.18 Å². The van der Waals surface area contributed by atoms with Crippen molar-refractivity contribution in [2.45, 2.75) is 18.7 Å². The third kappa shape index (κ3) is 3.48. The number of rotatable bonds is 3. The molecule has 0 saturated carbocycles. The molecule has 2 aromatic rings. The fourth-order valence-corrected chi connectivity index (χ4v) is 2.59. The van der Waals surface area contributed by atoms with Crippen LogP contribution in [-0.4, -0.2) is 24.4 Å². The molecular weight excluding hydrogens is 343 g/mol. The first kappa shape index (κ1) is 16.6. The fourth-order valence-electron chi connectivity index (χ4n) is 2.35. The summed E-state index contributed by atoms with van der Waals surface area (Å²) in [5.74, 6) is 0.782. The third-order valence-electron chi connectivity index (χ3n) is 3.61. The zero-order valence-electron chi connectivity index (χ0n) is 12.6. The van der Waals surface area contributed by atoms with Crippen molar-refractivity contribution in [2.75, 3.05) is 7.11 Å². The highest BCUT2D eigenvalue weighted by molar-refractivity contribution is 6.31. The van der Waals surface area contributed by atoms with Crippen molar-refractivity contribution in [1.82, 2.24) is 4.98 Å². The maximum atomic E-state index is 12.8. The van der Waals surface area contributed by atoms with Gasteiger partial charge < -0.3 is 9.47 Å². The predicted molar refractivity (Wildman–Crippen MR) is 84.6 cm³/mol. The summed E-state index contributed by atoms with van der Waals surface area (Å²) < 4.78 is 48.5. The summed E-state index contributed by atoms with van der Waals surface area (Å²) in [6.07, 6.45) is -2.11. The van der Waals surface area contributed by atoms with Crippen LogP contribution >= 0.6 is 11.6 Å². The summed E-state index contributed by atoms with van der Waals surface area (Å²) in [6.45, 7) is 0. The highest BCUT2D eigenvalue weighted by atomic mass is 35.5. The topological polar surface area (TPSA) is 31.4 Å². The van der Waals surface area contributed by atoms with Gasteiger partial charge in [-0.3, -0.25) is 4.98 Å². The highest BCUT2D eigenvalue weighted by Gasteiger charge is 2.41. The molecule has 2 heterocycles. The monoisotopic (exact) mass is 355 g/mol. The number of nitrogens with zero attached hydrogens (tertiary/aromatic N) is 1. The molecule has 0 amide bonds. The first-order chi connectivity index (χ1) is 11.4. The van der Waals surface area contributed by atoms with Gasteiger partial charge in [0, 0.05) is 22.7 Å². The van der Waals surface area contributed by atoms with Gasteiger partial charge in [-0.05, 0) is 35.9 Å². The van der Waals surface area contributed by atoms with Crippen LogP contribution in [0.1, 0.15) is 16.8 Å². The van der Waals surface area contributed by atoms with Crippen LogP contribution in [0.5, 0.6) is 11.5 Å². The molecule has 1 aromatic heterocycles. The minimum atomic E-state index is -4.45. The van der Waals surface area contributed by atoms with Crippen molar-refractivity contribution >= 4 is 17.7 Å². The number of benzene rings is 1. The number of ether oxygens (including phenoxy) is 2. The number of aromatic nitrogens is 1. The van der Waals surface area contributed by atoms with Gasteiger partial charge in [0.1, 0.15) is 11.5 Å². The Morgan fingerprint density at radius 3 is 2.71 bits per heavy atom. The summed E-state index contributed by atoms with van der Waals surface area (Å²) in [6, 6.07) is 6.66. The van der Waals surface area contributed by atoms with E-state index in [1.54, 1.807) is 31.5 Å². The molecule has 126 valence electrons. The molecule has 3 rings (SSSR count). The lowest BCUT2D eigenvalue weighted by molar-refractivity contribution is -0.180. The largest absolute Gasteiger partial charge is 0.495 e. The molecule has 24 heavy (non-hydrogen) atoms. The number of alkyl halides is 3. The van der Waals surface area contributed by atoms with E-state index < -0.39 is 12.3 Å². The van der Waals surface area contributed by atoms with Gasteiger partial charge in [-0.2, -0.15) is 13.2 Å². The Hall–Kier alpha value is -2.21. The normalized spacial score (nSPS) is 16.5. The van der Waals surface area contributed by atoms with Crippen LogP contribution in [-0.2, 0) is 6.42 Å². The predicted octanol–water partition coefficient (Wildman–Crippen LogP) is 4.67. The molecule has 0 saturated heterocycles. The average molecular weight is 356 g/mol. The molecular formula is C17H13ClF3NO2. The van der Waals surface area contributed by atoms with Gasteiger partial charge in [0.15, 0.2) is 0 Å². The van der Waals surface area contributed by atoms with Crippen molar-refractivity contribution < 1.29 is 22.6 Å². The van der Waals surface area contributed by atoms with Crippen LogP contribution in [0.4, 0.5) is 13.2 Å². The van der Waals surface area contributed by atoms with Gasteiger partial charge in [-0.15, -0.1) is 0 Å². The van der Waals surface area contributed by atoms with Gasteiger partial charge in [-0.25, -0.2) is 0 Å². The van der Waals surface area contributed by atoms with Crippen molar-refractivity contribution in [3.63, 3.8) is 0 Å². The van der Waals surface area contributed by atoms with Gasteiger partial charge in [0.25, 0.3) is 0 Å². The molecule has 1 aromatic carbocycles. The first-order valence-electron chi connectivity index (χ1n) is 7.10. The molecule has 7 heteroatoms. The van der Waals surface area contributed by atoms with E-state index in [1.165, 1.54) is 12.1 Å². The lowest BCUT2D eigenvalue weighted by Gasteiger charge is -2.24. The van der Waals surface area contributed by atoms with Crippen molar-refractivity contribution in [3.05, 3.63) is 58.4 Å². The second-order valence-corrected chi connectivity index (χ2v) is 5.69. The molecule has 1 aliphatic rings. The van der Waals surface area contributed by atoms with Crippen molar-refractivity contribution in [2.24, 2.45) is 0 Å². The molecule has 1 aliphatic heterocycles. The molecule has 0 radical (unpaired) electrons. The quantitative estimate of drug-likeness (QED) is 0.801. The van der Waals surface area contributed by atoms with Crippen LogP contribution in [0.3, 0.4) is 0 Å². The Balaban J connectivity index is 1.87. The SMILES string of the molecule is COc1ccc(Cc2cc3c(cc2Cl)C=CC(C(F)(F)F)O3)nc1. The van der Waals surface area contributed by atoms with Gasteiger partial charge in [0.2, 0.25) is 6.10 Å².